The summed E-state index contributed by atoms with van der Waals surface area (Å²) in [4.78, 5) is 17.5. The second kappa shape index (κ2) is 8.27. The van der Waals surface area contributed by atoms with Crippen LogP contribution >= 0.6 is 11.3 Å². The summed E-state index contributed by atoms with van der Waals surface area (Å²) in [6.07, 6.45) is 6.58. The van der Waals surface area contributed by atoms with E-state index >= 15 is 0 Å². The number of carbonyl (C=O) groups is 1. The van der Waals surface area contributed by atoms with E-state index in [4.69, 9.17) is 9.84 Å². The average molecular weight is 353 g/mol. The highest BCUT2D eigenvalue weighted by Gasteiger charge is 2.28. The average Bonchev–Trinajstić information content (AvgIpc) is 3.01. The number of ether oxygens (including phenoxy) is 1. The molecule has 24 heavy (non-hydrogen) atoms. The number of likely N-dealkylation sites (tertiary alicyclic amines) is 1. The molecule has 0 unspecified atom stereocenters. The van der Waals surface area contributed by atoms with Crippen LogP contribution < -0.4 is 5.32 Å². The maximum absolute atomic E-state index is 10.6. The van der Waals surface area contributed by atoms with Crippen molar-refractivity contribution < 1.29 is 14.6 Å². The van der Waals surface area contributed by atoms with Gasteiger partial charge in [-0.25, -0.2) is 9.78 Å². The molecule has 2 N–H and O–H groups in total. The first kappa shape index (κ1) is 17.6. The zero-order valence-corrected chi connectivity index (χ0v) is 15.1. The Bertz CT molecular complexity index is 535. The smallest absolute Gasteiger partial charge is 0.410 e. The first-order valence-corrected chi connectivity index (χ1v) is 9.78. The lowest BCUT2D eigenvalue weighted by Crippen LogP contribution is -2.43. The Hall–Kier alpha value is -1.18. The third kappa shape index (κ3) is 4.91. The van der Waals surface area contributed by atoms with Gasteiger partial charge in [0.15, 0.2) is 5.13 Å². The van der Waals surface area contributed by atoms with Crippen LogP contribution in [0.3, 0.4) is 0 Å². The highest BCUT2D eigenvalue weighted by Crippen LogP contribution is 2.29. The van der Waals surface area contributed by atoms with Gasteiger partial charge in [0, 0.05) is 11.4 Å². The van der Waals surface area contributed by atoms with Crippen molar-refractivity contribution in [3.8, 4) is 0 Å². The molecular weight excluding hydrogens is 326 g/mol. The minimum absolute atomic E-state index is 0.308. The van der Waals surface area contributed by atoms with Gasteiger partial charge in [-0.2, -0.15) is 0 Å². The molecule has 1 amide bonds. The largest absolute Gasteiger partial charge is 0.465 e. The van der Waals surface area contributed by atoms with Crippen molar-refractivity contribution in [2.24, 2.45) is 5.92 Å². The number of hydrogen-bond acceptors (Lipinski definition) is 5. The van der Waals surface area contributed by atoms with Gasteiger partial charge in [-0.1, -0.05) is 6.92 Å². The molecule has 1 aliphatic carbocycles. The van der Waals surface area contributed by atoms with Crippen LogP contribution in [0, 0.1) is 5.92 Å². The minimum Gasteiger partial charge on any atom is -0.465 e. The van der Waals surface area contributed by atoms with E-state index < -0.39 is 6.09 Å². The number of hydrogen-bond donors (Lipinski definition) is 2. The van der Waals surface area contributed by atoms with Crippen LogP contribution in [-0.2, 0) is 11.3 Å². The van der Waals surface area contributed by atoms with E-state index in [9.17, 15) is 4.79 Å². The van der Waals surface area contributed by atoms with Gasteiger partial charge >= 0.3 is 6.09 Å². The van der Waals surface area contributed by atoms with Crippen molar-refractivity contribution in [1.29, 1.82) is 0 Å². The minimum atomic E-state index is -1.08. The number of aromatic nitrogens is 1. The molecule has 1 saturated heterocycles. The number of thiazole rings is 1. The standard InChI is InChI=1S/C17H27N3O3S/c1-12-6-8-20(9-7-12)14-2-4-15(5-3-14)23-10-13-11-24-16(18-13)19-17(21)22/h11-12,14-15H,2-10H2,1H3,(H,18,19)(H,21,22). The number of carboxylic acid groups (broad SMARTS) is 1. The quantitative estimate of drug-likeness (QED) is 0.842. The summed E-state index contributed by atoms with van der Waals surface area (Å²) < 4.78 is 5.99. The molecule has 0 radical (unpaired) electrons. The van der Waals surface area contributed by atoms with E-state index in [-0.39, 0.29) is 0 Å². The van der Waals surface area contributed by atoms with E-state index in [0.717, 1.165) is 30.5 Å². The predicted octanol–water partition coefficient (Wildman–Crippen LogP) is 3.79. The Morgan fingerprint density at radius 3 is 2.71 bits per heavy atom. The molecule has 1 aliphatic heterocycles. The number of rotatable bonds is 5. The van der Waals surface area contributed by atoms with Crippen molar-refractivity contribution >= 4 is 22.6 Å². The number of nitrogens with one attached hydrogen (secondary N) is 1. The van der Waals surface area contributed by atoms with Gasteiger partial charge in [-0.15, -0.1) is 11.3 Å². The van der Waals surface area contributed by atoms with Gasteiger partial charge in [0.2, 0.25) is 0 Å². The number of anilines is 1. The molecule has 1 saturated carbocycles. The van der Waals surface area contributed by atoms with Crippen LogP contribution in [0.25, 0.3) is 0 Å². The molecule has 0 spiro atoms. The highest BCUT2D eigenvalue weighted by atomic mass is 32.1. The van der Waals surface area contributed by atoms with Gasteiger partial charge in [-0.3, -0.25) is 5.32 Å². The molecule has 2 heterocycles. The van der Waals surface area contributed by atoms with E-state index in [1.54, 1.807) is 0 Å². The van der Waals surface area contributed by atoms with Crippen LogP contribution in [0.1, 0.15) is 51.1 Å². The third-order valence-corrected chi connectivity index (χ3v) is 6.02. The Kier molecular flexibility index (Phi) is 6.08. The number of nitrogens with zero attached hydrogens (tertiary/aromatic N) is 2. The lowest BCUT2D eigenvalue weighted by molar-refractivity contribution is -0.00756. The normalized spacial score (nSPS) is 26.4. The predicted molar refractivity (Wildman–Crippen MR) is 94.6 cm³/mol. The number of piperidine rings is 1. The molecule has 0 atom stereocenters. The van der Waals surface area contributed by atoms with E-state index in [1.807, 2.05) is 5.38 Å². The third-order valence-electron chi connectivity index (χ3n) is 5.21. The lowest BCUT2D eigenvalue weighted by Gasteiger charge is -2.40. The second-order valence-electron chi connectivity index (χ2n) is 7.03. The summed E-state index contributed by atoms with van der Waals surface area (Å²) in [5.41, 5.74) is 0.802. The second-order valence-corrected chi connectivity index (χ2v) is 7.89. The molecule has 7 heteroatoms. The van der Waals surface area contributed by atoms with Crippen molar-refractivity contribution in [3.63, 3.8) is 0 Å². The summed E-state index contributed by atoms with van der Waals surface area (Å²) in [6, 6.07) is 0.739. The molecule has 1 aromatic rings. The van der Waals surface area contributed by atoms with Crippen molar-refractivity contribution in [2.45, 2.75) is 64.2 Å². The van der Waals surface area contributed by atoms with E-state index in [1.165, 1.54) is 50.1 Å². The van der Waals surface area contributed by atoms with Gasteiger partial charge in [0.05, 0.1) is 18.4 Å². The summed E-state index contributed by atoms with van der Waals surface area (Å²) in [5, 5.41) is 13.2. The van der Waals surface area contributed by atoms with Crippen LogP contribution in [0.4, 0.5) is 9.93 Å². The molecule has 0 aromatic carbocycles. The summed E-state index contributed by atoms with van der Waals surface area (Å²) >= 11 is 1.29. The van der Waals surface area contributed by atoms with Crippen molar-refractivity contribution in [2.75, 3.05) is 18.4 Å². The SMILES string of the molecule is CC1CCN(C2CCC(OCc3csc(NC(=O)O)n3)CC2)CC1. The van der Waals surface area contributed by atoms with E-state index in [2.05, 4.69) is 22.1 Å². The zero-order valence-electron chi connectivity index (χ0n) is 14.2. The Labute approximate surface area is 147 Å². The maximum Gasteiger partial charge on any atom is 0.410 e. The first-order valence-electron chi connectivity index (χ1n) is 8.90. The summed E-state index contributed by atoms with van der Waals surface area (Å²) in [5.74, 6) is 0.888. The van der Waals surface area contributed by atoms with E-state index in [0.29, 0.717) is 17.8 Å². The first-order chi connectivity index (χ1) is 11.6. The van der Waals surface area contributed by atoms with Gasteiger partial charge in [0.1, 0.15) is 0 Å². The molecular formula is C17H27N3O3S. The molecule has 1 aromatic heterocycles. The Morgan fingerprint density at radius 2 is 2.04 bits per heavy atom. The zero-order chi connectivity index (χ0) is 16.9. The molecule has 2 fully saturated rings. The van der Waals surface area contributed by atoms with Crippen molar-refractivity contribution in [1.82, 2.24) is 9.88 Å². The van der Waals surface area contributed by atoms with Gasteiger partial charge < -0.3 is 14.7 Å². The molecule has 0 bridgehead atoms. The fraction of sp³-hybridized carbons (Fsp3) is 0.765. The maximum atomic E-state index is 10.6. The van der Waals surface area contributed by atoms with Gasteiger partial charge in [-0.05, 0) is 57.5 Å². The molecule has 3 rings (SSSR count). The fourth-order valence-corrected chi connectivity index (χ4v) is 4.38. The van der Waals surface area contributed by atoms with Crippen LogP contribution in [0.2, 0.25) is 0 Å². The van der Waals surface area contributed by atoms with Crippen molar-refractivity contribution in [3.05, 3.63) is 11.1 Å². The topological polar surface area (TPSA) is 74.7 Å². The number of amides is 1. The van der Waals surface area contributed by atoms with Gasteiger partial charge in [0.25, 0.3) is 0 Å². The van der Waals surface area contributed by atoms with Crippen LogP contribution in [0.5, 0.6) is 0 Å². The lowest BCUT2D eigenvalue weighted by atomic mass is 9.89. The van der Waals surface area contributed by atoms with Crippen LogP contribution in [0.15, 0.2) is 5.38 Å². The summed E-state index contributed by atoms with van der Waals surface area (Å²) in [6.45, 7) is 5.34. The van der Waals surface area contributed by atoms with Crippen LogP contribution in [-0.4, -0.2) is 46.3 Å². The molecule has 2 aliphatic rings. The molecule has 6 nitrogen and oxygen atoms in total. The summed E-state index contributed by atoms with van der Waals surface area (Å²) in [7, 11) is 0. The Morgan fingerprint density at radius 1 is 1.33 bits per heavy atom. The molecule has 134 valence electrons. The fourth-order valence-electron chi connectivity index (χ4n) is 3.70. The Balaban J connectivity index is 1.38. The highest BCUT2D eigenvalue weighted by molar-refractivity contribution is 7.13. The monoisotopic (exact) mass is 353 g/mol.